The number of sulfonamides is 1. The Balaban J connectivity index is 1.63. The van der Waals surface area contributed by atoms with Crippen LogP contribution < -0.4 is 0 Å². The number of carbonyl (C=O) groups is 2. The van der Waals surface area contributed by atoms with Crippen LogP contribution >= 0.6 is 0 Å². The molecule has 0 saturated carbocycles. The number of benzene rings is 1. The average Bonchev–Trinajstić information content (AvgIpc) is 2.68. The molecule has 1 amide bonds. The molecular weight excluding hydrogens is 352 g/mol. The fourth-order valence-corrected chi connectivity index (χ4v) is 5.20. The second-order valence-electron chi connectivity index (χ2n) is 7.14. The van der Waals surface area contributed by atoms with Gasteiger partial charge in [-0.2, -0.15) is 4.31 Å². The molecule has 142 valence electrons. The van der Waals surface area contributed by atoms with Gasteiger partial charge in [0.25, 0.3) is 0 Å². The van der Waals surface area contributed by atoms with E-state index in [1.54, 1.807) is 12.1 Å². The van der Waals surface area contributed by atoms with Gasteiger partial charge in [0, 0.05) is 37.7 Å². The summed E-state index contributed by atoms with van der Waals surface area (Å²) in [5, 5.41) is 0. The third kappa shape index (κ3) is 3.99. The molecular formula is C19H26N2O4S. The van der Waals surface area contributed by atoms with Crippen LogP contribution in [-0.2, 0) is 14.8 Å². The molecule has 0 aromatic heterocycles. The van der Waals surface area contributed by atoms with Crippen LogP contribution in [0.2, 0.25) is 0 Å². The first-order valence-corrected chi connectivity index (χ1v) is 10.7. The molecule has 2 heterocycles. The minimum atomic E-state index is -3.58. The number of likely N-dealkylation sites (tertiary alicyclic amines) is 1. The van der Waals surface area contributed by atoms with Gasteiger partial charge in [0.2, 0.25) is 15.9 Å². The van der Waals surface area contributed by atoms with Gasteiger partial charge in [-0.25, -0.2) is 8.42 Å². The monoisotopic (exact) mass is 378 g/mol. The highest BCUT2D eigenvalue weighted by Gasteiger charge is 2.34. The Labute approximate surface area is 155 Å². The molecule has 2 aliphatic rings. The number of rotatable bonds is 4. The van der Waals surface area contributed by atoms with Crippen molar-refractivity contribution in [2.75, 3.05) is 26.2 Å². The molecule has 0 atom stereocenters. The number of nitrogens with zero attached hydrogens (tertiary/aromatic N) is 2. The van der Waals surface area contributed by atoms with E-state index in [0.29, 0.717) is 31.5 Å². The van der Waals surface area contributed by atoms with Gasteiger partial charge in [0.15, 0.2) is 5.78 Å². The minimum Gasteiger partial charge on any atom is -0.342 e. The summed E-state index contributed by atoms with van der Waals surface area (Å²) in [6, 6.07) is 6.05. The summed E-state index contributed by atoms with van der Waals surface area (Å²) in [5.41, 5.74) is 0.495. The van der Waals surface area contributed by atoms with Crippen LogP contribution in [0.1, 0.15) is 49.4 Å². The molecule has 0 bridgehead atoms. The van der Waals surface area contributed by atoms with Crippen molar-refractivity contribution in [1.29, 1.82) is 0 Å². The van der Waals surface area contributed by atoms with E-state index in [-0.39, 0.29) is 22.5 Å². The number of piperidine rings is 2. The summed E-state index contributed by atoms with van der Waals surface area (Å²) in [5.74, 6) is 0.0261. The average molecular weight is 378 g/mol. The van der Waals surface area contributed by atoms with Crippen LogP contribution in [0.5, 0.6) is 0 Å². The van der Waals surface area contributed by atoms with E-state index < -0.39 is 10.0 Å². The normalized spacial score (nSPS) is 20.1. The first-order valence-electron chi connectivity index (χ1n) is 9.29. The summed E-state index contributed by atoms with van der Waals surface area (Å²) in [6.07, 6.45) is 4.45. The zero-order valence-corrected chi connectivity index (χ0v) is 16.0. The van der Waals surface area contributed by atoms with Gasteiger partial charge >= 0.3 is 0 Å². The first-order chi connectivity index (χ1) is 12.4. The quantitative estimate of drug-likeness (QED) is 0.754. The lowest BCUT2D eigenvalue weighted by molar-refractivity contribution is -0.137. The van der Waals surface area contributed by atoms with Gasteiger partial charge in [-0.05, 0) is 51.2 Å². The molecule has 0 spiro atoms. The molecule has 1 aromatic carbocycles. The summed E-state index contributed by atoms with van der Waals surface area (Å²) in [6.45, 7) is 3.84. The van der Waals surface area contributed by atoms with E-state index in [4.69, 9.17) is 0 Å². The summed E-state index contributed by atoms with van der Waals surface area (Å²) in [4.78, 5) is 26.1. The van der Waals surface area contributed by atoms with E-state index in [0.717, 1.165) is 25.9 Å². The van der Waals surface area contributed by atoms with Gasteiger partial charge < -0.3 is 4.90 Å². The number of Topliss-reactive ketones (excluding diaryl/α,β-unsaturated/α-hetero) is 1. The summed E-state index contributed by atoms with van der Waals surface area (Å²) >= 11 is 0. The van der Waals surface area contributed by atoms with E-state index in [2.05, 4.69) is 0 Å². The largest absolute Gasteiger partial charge is 0.342 e. The molecule has 7 heteroatoms. The highest BCUT2D eigenvalue weighted by Crippen LogP contribution is 2.26. The van der Waals surface area contributed by atoms with Crippen molar-refractivity contribution in [3.05, 3.63) is 29.8 Å². The molecule has 0 aliphatic carbocycles. The fraction of sp³-hybridized carbons (Fsp3) is 0.579. The van der Waals surface area contributed by atoms with Gasteiger partial charge in [0.1, 0.15) is 0 Å². The maximum Gasteiger partial charge on any atom is 0.243 e. The van der Waals surface area contributed by atoms with Crippen molar-refractivity contribution in [2.24, 2.45) is 5.92 Å². The molecule has 3 rings (SSSR count). The van der Waals surface area contributed by atoms with E-state index >= 15 is 0 Å². The smallest absolute Gasteiger partial charge is 0.243 e. The van der Waals surface area contributed by atoms with Crippen molar-refractivity contribution < 1.29 is 18.0 Å². The van der Waals surface area contributed by atoms with Crippen LogP contribution in [0.25, 0.3) is 0 Å². The predicted molar refractivity (Wildman–Crippen MR) is 98.4 cm³/mol. The molecule has 6 nitrogen and oxygen atoms in total. The molecule has 0 radical (unpaired) electrons. The third-order valence-corrected chi connectivity index (χ3v) is 7.28. The second-order valence-corrected chi connectivity index (χ2v) is 9.08. The highest BCUT2D eigenvalue weighted by atomic mass is 32.2. The highest BCUT2D eigenvalue weighted by molar-refractivity contribution is 7.89. The van der Waals surface area contributed by atoms with E-state index in [1.807, 2.05) is 4.90 Å². The topological polar surface area (TPSA) is 74.8 Å². The van der Waals surface area contributed by atoms with Crippen molar-refractivity contribution in [3.63, 3.8) is 0 Å². The molecule has 26 heavy (non-hydrogen) atoms. The molecule has 1 aromatic rings. The van der Waals surface area contributed by atoms with Crippen molar-refractivity contribution >= 4 is 21.7 Å². The Morgan fingerprint density at radius 2 is 1.50 bits per heavy atom. The van der Waals surface area contributed by atoms with Crippen LogP contribution in [0.3, 0.4) is 0 Å². The number of carbonyl (C=O) groups excluding carboxylic acids is 2. The Bertz CT molecular complexity index is 759. The molecule has 0 N–H and O–H groups in total. The van der Waals surface area contributed by atoms with Gasteiger partial charge in [-0.15, -0.1) is 0 Å². The maximum atomic E-state index is 12.8. The number of hydrogen-bond donors (Lipinski definition) is 0. The Hall–Kier alpha value is -1.73. The van der Waals surface area contributed by atoms with Crippen LogP contribution in [0.15, 0.2) is 29.2 Å². The predicted octanol–water partition coefficient (Wildman–Crippen LogP) is 2.30. The zero-order valence-electron chi connectivity index (χ0n) is 15.2. The number of ketones is 1. The van der Waals surface area contributed by atoms with Crippen molar-refractivity contribution in [1.82, 2.24) is 9.21 Å². The van der Waals surface area contributed by atoms with Crippen LogP contribution in [0.4, 0.5) is 0 Å². The standard InChI is InChI=1S/C19H26N2O4S/c1-15(22)16-5-7-18(8-6-16)26(24,25)21-13-9-17(10-14-21)19(23)20-11-3-2-4-12-20/h5-8,17H,2-4,9-14H2,1H3. The lowest BCUT2D eigenvalue weighted by Gasteiger charge is -2.35. The Morgan fingerprint density at radius 3 is 2.04 bits per heavy atom. The summed E-state index contributed by atoms with van der Waals surface area (Å²) < 4.78 is 27.0. The molecule has 2 aliphatic heterocycles. The molecule has 2 saturated heterocycles. The van der Waals surface area contributed by atoms with E-state index in [9.17, 15) is 18.0 Å². The first kappa shape index (κ1) is 19.0. The van der Waals surface area contributed by atoms with Crippen molar-refractivity contribution in [2.45, 2.75) is 43.9 Å². The minimum absolute atomic E-state index is 0.0698. The van der Waals surface area contributed by atoms with Gasteiger partial charge in [-0.1, -0.05) is 12.1 Å². The van der Waals surface area contributed by atoms with Crippen molar-refractivity contribution in [3.8, 4) is 0 Å². The fourth-order valence-electron chi connectivity index (χ4n) is 3.73. The lowest BCUT2D eigenvalue weighted by Crippen LogP contribution is -2.45. The van der Waals surface area contributed by atoms with Gasteiger partial charge in [0.05, 0.1) is 4.90 Å². The zero-order chi connectivity index (χ0) is 18.7. The number of amides is 1. The lowest BCUT2D eigenvalue weighted by atomic mass is 9.95. The maximum absolute atomic E-state index is 12.8. The Kier molecular flexibility index (Phi) is 5.77. The van der Waals surface area contributed by atoms with Gasteiger partial charge in [-0.3, -0.25) is 9.59 Å². The van der Waals surface area contributed by atoms with Crippen LogP contribution in [-0.4, -0.2) is 55.5 Å². The Morgan fingerprint density at radius 1 is 0.923 bits per heavy atom. The number of hydrogen-bond acceptors (Lipinski definition) is 4. The third-order valence-electron chi connectivity index (χ3n) is 5.37. The summed E-state index contributed by atoms with van der Waals surface area (Å²) in [7, 11) is -3.58. The molecule has 2 fully saturated rings. The van der Waals surface area contributed by atoms with Crippen LogP contribution in [0, 0.1) is 5.92 Å². The molecule has 0 unspecified atom stereocenters. The van der Waals surface area contributed by atoms with E-state index in [1.165, 1.54) is 29.8 Å². The second kappa shape index (κ2) is 7.88. The SMILES string of the molecule is CC(=O)c1ccc(S(=O)(=O)N2CCC(C(=O)N3CCCCC3)CC2)cc1.